The van der Waals surface area contributed by atoms with E-state index >= 15 is 0 Å². The van der Waals surface area contributed by atoms with Gasteiger partial charge in [-0.3, -0.25) is 4.79 Å². The molecule has 0 saturated heterocycles. The summed E-state index contributed by atoms with van der Waals surface area (Å²) in [7, 11) is 0. The summed E-state index contributed by atoms with van der Waals surface area (Å²) >= 11 is 1.64. The van der Waals surface area contributed by atoms with Gasteiger partial charge in [0.25, 0.3) is 0 Å². The Kier molecular flexibility index (Phi) is 4.29. The minimum Gasteiger partial charge on any atom is -0.356 e. The number of aryl methyl sites for hydroxylation is 1. The normalized spacial score (nSPS) is 17.3. The number of halogens is 1. The predicted octanol–water partition coefficient (Wildman–Crippen LogP) is 2.75. The van der Waals surface area contributed by atoms with E-state index in [1.807, 2.05) is 5.51 Å². The molecule has 1 aliphatic rings. The van der Waals surface area contributed by atoms with Crippen LogP contribution in [0.2, 0.25) is 0 Å². The summed E-state index contributed by atoms with van der Waals surface area (Å²) < 4.78 is 12.8. The third-order valence-corrected chi connectivity index (χ3v) is 4.78. The first kappa shape index (κ1) is 14.2. The minimum atomic E-state index is -0.231. The highest BCUT2D eigenvalue weighted by Gasteiger charge is 2.25. The first-order chi connectivity index (χ1) is 10.2. The SMILES string of the molecule is O=C(NCCc1ccc(F)cc1)C1CCc2ncsc2C1. The van der Waals surface area contributed by atoms with Crippen molar-refractivity contribution in [3.05, 3.63) is 51.7 Å². The van der Waals surface area contributed by atoms with Crippen molar-refractivity contribution in [2.45, 2.75) is 25.7 Å². The fourth-order valence-corrected chi connectivity index (χ4v) is 3.54. The third-order valence-electron chi connectivity index (χ3n) is 3.88. The molecule has 1 N–H and O–H groups in total. The highest BCUT2D eigenvalue weighted by molar-refractivity contribution is 7.09. The lowest BCUT2D eigenvalue weighted by molar-refractivity contribution is -0.125. The second kappa shape index (κ2) is 6.35. The highest BCUT2D eigenvalue weighted by Crippen LogP contribution is 2.27. The van der Waals surface area contributed by atoms with Crippen LogP contribution in [-0.2, 0) is 24.1 Å². The second-order valence-electron chi connectivity index (χ2n) is 5.33. The summed E-state index contributed by atoms with van der Waals surface area (Å²) in [5, 5.41) is 2.99. The first-order valence-electron chi connectivity index (χ1n) is 7.16. The van der Waals surface area contributed by atoms with Crippen LogP contribution < -0.4 is 5.32 Å². The molecular weight excluding hydrogens is 287 g/mol. The van der Waals surface area contributed by atoms with Crippen LogP contribution in [0.4, 0.5) is 4.39 Å². The van der Waals surface area contributed by atoms with Gasteiger partial charge in [0.1, 0.15) is 5.82 Å². The maximum Gasteiger partial charge on any atom is 0.223 e. The topological polar surface area (TPSA) is 42.0 Å². The summed E-state index contributed by atoms with van der Waals surface area (Å²) in [6.07, 6.45) is 3.31. The number of aromatic nitrogens is 1. The number of carbonyl (C=O) groups excluding carboxylic acids is 1. The number of hydrogen-bond donors (Lipinski definition) is 1. The van der Waals surface area contributed by atoms with Crippen molar-refractivity contribution in [1.29, 1.82) is 0 Å². The maximum atomic E-state index is 12.8. The maximum absolute atomic E-state index is 12.8. The summed E-state index contributed by atoms with van der Waals surface area (Å²) in [6.45, 7) is 0.594. The van der Waals surface area contributed by atoms with E-state index in [9.17, 15) is 9.18 Å². The van der Waals surface area contributed by atoms with Crippen LogP contribution in [0, 0.1) is 11.7 Å². The van der Waals surface area contributed by atoms with Crippen LogP contribution >= 0.6 is 11.3 Å². The third kappa shape index (κ3) is 3.47. The molecule has 0 saturated carbocycles. The second-order valence-corrected chi connectivity index (χ2v) is 6.27. The molecule has 1 unspecified atom stereocenters. The van der Waals surface area contributed by atoms with Gasteiger partial charge in [0.15, 0.2) is 0 Å². The Morgan fingerprint density at radius 1 is 1.38 bits per heavy atom. The van der Waals surface area contributed by atoms with Crippen LogP contribution in [0.3, 0.4) is 0 Å². The van der Waals surface area contributed by atoms with Gasteiger partial charge in [0.05, 0.1) is 11.2 Å². The Hall–Kier alpha value is -1.75. The lowest BCUT2D eigenvalue weighted by Gasteiger charge is -2.20. The van der Waals surface area contributed by atoms with Crippen molar-refractivity contribution in [3.8, 4) is 0 Å². The van der Waals surface area contributed by atoms with E-state index < -0.39 is 0 Å². The van der Waals surface area contributed by atoms with Crippen molar-refractivity contribution in [3.63, 3.8) is 0 Å². The average Bonchev–Trinajstić information content (AvgIpc) is 2.96. The molecule has 5 heteroatoms. The zero-order valence-electron chi connectivity index (χ0n) is 11.6. The van der Waals surface area contributed by atoms with E-state index in [0.29, 0.717) is 6.54 Å². The Balaban J connectivity index is 1.48. The molecule has 0 spiro atoms. The number of carbonyl (C=O) groups is 1. The van der Waals surface area contributed by atoms with Gasteiger partial charge >= 0.3 is 0 Å². The highest BCUT2D eigenvalue weighted by atomic mass is 32.1. The van der Waals surface area contributed by atoms with Crippen molar-refractivity contribution < 1.29 is 9.18 Å². The van der Waals surface area contributed by atoms with Gasteiger partial charge < -0.3 is 5.32 Å². The molecule has 1 atom stereocenters. The standard InChI is InChI=1S/C16H17FN2OS/c17-13-4-1-11(2-5-13)7-8-18-16(20)12-3-6-14-15(9-12)21-10-19-14/h1-2,4-5,10,12H,3,6-9H2,(H,18,20). The van der Waals surface area contributed by atoms with Gasteiger partial charge in [-0.15, -0.1) is 11.3 Å². The Bertz CT molecular complexity index is 623. The Morgan fingerprint density at radius 3 is 3.00 bits per heavy atom. The summed E-state index contributed by atoms with van der Waals surface area (Å²) in [5.74, 6) is -0.0484. The molecule has 1 heterocycles. The van der Waals surface area contributed by atoms with Gasteiger partial charge in [0.2, 0.25) is 5.91 Å². The Morgan fingerprint density at radius 2 is 2.19 bits per heavy atom. The summed E-state index contributed by atoms with van der Waals surface area (Å²) in [5.41, 5.74) is 4.06. The van der Waals surface area contributed by atoms with E-state index in [-0.39, 0.29) is 17.6 Å². The lowest BCUT2D eigenvalue weighted by Crippen LogP contribution is -2.35. The first-order valence-corrected chi connectivity index (χ1v) is 8.04. The molecule has 0 fully saturated rings. The number of nitrogens with zero attached hydrogens (tertiary/aromatic N) is 1. The van der Waals surface area contributed by atoms with Crippen molar-refractivity contribution >= 4 is 17.2 Å². The number of rotatable bonds is 4. The summed E-state index contributed by atoms with van der Waals surface area (Å²) in [6, 6.07) is 6.41. The molecule has 2 aromatic rings. The molecule has 3 rings (SSSR count). The van der Waals surface area contributed by atoms with Crippen molar-refractivity contribution in [2.75, 3.05) is 6.54 Å². The number of hydrogen-bond acceptors (Lipinski definition) is 3. The smallest absolute Gasteiger partial charge is 0.223 e. The van der Waals surface area contributed by atoms with Gasteiger partial charge in [-0.05, 0) is 43.4 Å². The number of fused-ring (bicyclic) bond motifs is 1. The van der Waals surface area contributed by atoms with Gasteiger partial charge in [-0.1, -0.05) is 12.1 Å². The van der Waals surface area contributed by atoms with E-state index in [2.05, 4.69) is 10.3 Å². The van der Waals surface area contributed by atoms with Crippen LogP contribution in [0.5, 0.6) is 0 Å². The lowest BCUT2D eigenvalue weighted by atomic mass is 9.90. The monoisotopic (exact) mass is 304 g/mol. The quantitative estimate of drug-likeness (QED) is 0.943. The zero-order valence-corrected chi connectivity index (χ0v) is 12.5. The van der Waals surface area contributed by atoms with Gasteiger partial charge in [-0.2, -0.15) is 0 Å². The predicted molar refractivity (Wildman–Crippen MR) is 80.7 cm³/mol. The van der Waals surface area contributed by atoms with Crippen LogP contribution in [-0.4, -0.2) is 17.4 Å². The molecule has 110 valence electrons. The summed E-state index contributed by atoms with van der Waals surface area (Å²) in [4.78, 5) is 17.8. The molecule has 1 amide bonds. The fraction of sp³-hybridized carbons (Fsp3) is 0.375. The van der Waals surface area contributed by atoms with Crippen LogP contribution in [0.25, 0.3) is 0 Å². The average molecular weight is 304 g/mol. The molecule has 21 heavy (non-hydrogen) atoms. The van der Waals surface area contributed by atoms with E-state index in [0.717, 1.165) is 36.9 Å². The van der Waals surface area contributed by atoms with Gasteiger partial charge in [0, 0.05) is 17.3 Å². The van der Waals surface area contributed by atoms with E-state index in [1.165, 1.54) is 17.0 Å². The molecule has 1 aromatic heterocycles. The number of thiazole rings is 1. The fourth-order valence-electron chi connectivity index (χ4n) is 2.65. The molecule has 1 aromatic carbocycles. The molecule has 1 aliphatic carbocycles. The number of benzene rings is 1. The molecule has 0 bridgehead atoms. The van der Waals surface area contributed by atoms with E-state index in [4.69, 9.17) is 0 Å². The number of amides is 1. The Labute approximate surface area is 127 Å². The zero-order chi connectivity index (χ0) is 14.7. The minimum absolute atomic E-state index is 0.0613. The van der Waals surface area contributed by atoms with Crippen molar-refractivity contribution in [1.82, 2.24) is 10.3 Å². The molecule has 0 radical (unpaired) electrons. The molecule has 3 nitrogen and oxygen atoms in total. The number of nitrogens with one attached hydrogen (secondary N) is 1. The largest absolute Gasteiger partial charge is 0.356 e. The van der Waals surface area contributed by atoms with Gasteiger partial charge in [-0.25, -0.2) is 9.37 Å². The molecule has 0 aliphatic heterocycles. The van der Waals surface area contributed by atoms with E-state index in [1.54, 1.807) is 23.5 Å². The van der Waals surface area contributed by atoms with Crippen LogP contribution in [0.15, 0.2) is 29.8 Å². The molecular formula is C16H17FN2OS. The van der Waals surface area contributed by atoms with Crippen LogP contribution in [0.1, 0.15) is 22.6 Å². The van der Waals surface area contributed by atoms with Crippen molar-refractivity contribution in [2.24, 2.45) is 5.92 Å².